The van der Waals surface area contributed by atoms with Gasteiger partial charge in [-0.25, -0.2) is 9.97 Å². The molecule has 0 spiro atoms. The first-order chi connectivity index (χ1) is 11.8. The monoisotopic (exact) mass is 323 g/mol. The van der Waals surface area contributed by atoms with Gasteiger partial charge in [0.05, 0.1) is 5.56 Å². The number of hydrogen-bond donors (Lipinski definition) is 2. The van der Waals surface area contributed by atoms with E-state index < -0.39 is 0 Å². The van der Waals surface area contributed by atoms with Gasteiger partial charge in [-0.15, -0.1) is 6.58 Å². The summed E-state index contributed by atoms with van der Waals surface area (Å²) in [6, 6.07) is 7.93. The minimum absolute atomic E-state index is 0.223. The summed E-state index contributed by atoms with van der Waals surface area (Å²) in [7, 11) is 0. The molecule has 24 heavy (non-hydrogen) atoms. The second kappa shape index (κ2) is 7.59. The topological polar surface area (TPSA) is 70.2 Å². The van der Waals surface area contributed by atoms with Crippen LogP contribution in [-0.2, 0) is 0 Å². The maximum absolute atomic E-state index is 12.2. The Balaban J connectivity index is 1.60. The van der Waals surface area contributed by atoms with E-state index in [1.54, 1.807) is 6.08 Å². The molecule has 2 aromatic rings. The van der Waals surface area contributed by atoms with E-state index in [0.717, 1.165) is 18.8 Å². The largest absolute Gasteiger partial charge is 0.372 e. The molecule has 6 nitrogen and oxygen atoms in total. The molecule has 0 atom stereocenters. The number of amides is 1. The molecule has 0 saturated carbocycles. The van der Waals surface area contributed by atoms with Crippen LogP contribution in [0.15, 0.2) is 49.3 Å². The molecule has 1 amide bonds. The summed E-state index contributed by atoms with van der Waals surface area (Å²) in [6.07, 6.45) is 7.22. The van der Waals surface area contributed by atoms with Crippen LogP contribution in [0.4, 0.5) is 17.3 Å². The molecular weight excluding hydrogens is 302 g/mol. The number of anilines is 3. The fourth-order valence-electron chi connectivity index (χ4n) is 2.63. The SMILES string of the molecule is C=CCNc1ncc(C(=O)Nc2ccc(N3CCCC3)cc2)cn1. The summed E-state index contributed by atoms with van der Waals surface area (Å²) < 4.78 is 0. The number of hydrogen-bond acceptors (Lipinski definition) is 5. The van der Waals surface area contributed by atoms with Crippen LogP contribution in [-0.4, -0.2) is 35.5 Å². The van der Waals surface area contributed by atoms with E-state index in [1.165, 1.54) is 30.9 Å². The Labute approximate surface area is 141 Å². The molecule has 0 aliphatic carbocycles. The van der Waals surface area contributed by atoms with Crippen molar-refractivity contribution in [2.24, 2.45) is 0 Å². The van der Waals surface area contributed by atoms with Gasteiger partial charge in [-0.2, -0.15) is 0 Å². The van der Waals surface area contributed by atoms with Gasteiger partial charge in [-0.05, 0) is 37.1 Å². The summed E-state index contributed by atoms with van der Waals surface area (Å²) in [5.74, 6) is 0.251. The third-order valence-electron chi connectivity index (χ3n) is 3.91. The van der Waals surface area contributed by atoms with Crippen molar-refractivity contribution in [2.75, 3.05) is 35.2 Å². The zero-order valence-corrected chi connectivity index (χ0v) is 13.5. The van der Waals surface area contributed by atoms with Crippen LogP contribution in [0.3, 0.4) is 0 Å². The zero-order chi connectivity index (χ0) is 16.8. The van der Waals surface area contributed by atoms with Crippen LogP contribution in [0, 0.1) is 0 Å². The van der Waals surface area contributed by atoms with Gasteiger partial charge in [0.1, 0.15) is 0 Å². The van der Waals surface area contributed by atoms with E-state index in [-0.39, 0.29) is 5.91 Å². The highest BCUT2D eigenvalue weighted by molar-refractivity contribution is 6.03. The van der Waals surface area contributed by atoms with Crippen LogP contribution < -0.4 is 15.5 Å². The molecule has 0 radical (unpaired) electrons. The van der Waals surface area contributed by atoms with E-state index in [4.69, 9.17) is 0 Å². The van der Waals surface area contributed by atoms with E-state index in [0.29, 0.717) is 18.1 Å². The first-order valence-corrected chi connectivity index (χ1v) is 8.09. The molecule has 3 rings (SSSR count). The predicted molar refractivity (Wildman–Crippen MR) is 96.6 cm³/mol. The number of benzene rings is 1. The molecule has 6 heteroatoms. The van der Waals surface area contributed by atoms with Gasteiger partial charge in [0.2, 0.25) is 5.95 Å². The molecule has 0 unspecified atom stereocenters. The van der Waals surface area contributed by atoms with Crippen molar-refractivity contribution in [3.8, 4) is 0 Å². The van der Waals surface area contributed by atoms with Gasteiger partial charge < -0.3 is 15.5 Å². The van der Waals surface area contributed by atoms with Crippen molar-refractivity contribution < 1.29 is 4.79 Å². The highest BCUT2D eigenvalue weighted by Gasteiger charge is 2.12. The minimum atomic E-state index is -0.223. The lowest BCUT2D eigenvalue weighted by atomic mass is 10.2. The van der Waals surface area contributed by atoms with E-state index >= 15 is 0 Å². The van der Waals surface area contributed by atoms with Crippen molar-refractivity contribution >= 4 is 23.2 Å². The summed E-state index contributed by atoms with van der Waals surface area (Å²) in [5.41, 5.74) is 2.38. The van der Waals surface area contributed by atoms with E-state index in [2.05, 4.69) is 32.1 Å². The molecule has 1 aliphatic rings. The normalized spacial score (nSPS) is 13.6. The van der Waals surface area contributed by atoms with Gasteiger partial charge in [0.15, 0.2) is 0 Å². The second-order valence-corrected chi connectivity index (χ2v) is 5.66. The maximum atomic E-state index is 12.2. The molecule has 2 heterocycles. The smallest absolute Gasteiger partial charge is 0.258 e. The Morgan fingerprint density at radius 2 is 1.83 bits per heavy atom. The first-order valence-electron chi connectivity index (χ1n) is 8.09. The van der Waals surface area contributed by atoms with Gasteiger partial charge in [0, 0.05) is 43.4 Å². The summed E-state index contributed by atoms with van der Waals surface area (Å²) in [5, 5.41) is 5.83. The third-order valence-corrected chi connectivity index (χ3v) is 3.91. The van der Waals surface area contributed by atoms with Crippen molar-refractivity contribution in [2.45, 2.75) is 12.8 Å². The van der Waals surface area contributed by atoms with Crippen LogP contribution in [0.2, 0.25) is 0 Å². The third kappa shape index (κ3) is 3.90. The molecule has 1 fully saturated rings. The van der Waals surface area contributed by atoms with Crippen molar-refractivity contribution in [1.29, 1.82) is 0 Å². The number of nitrogens with zero attached hydrogens (tertiary/aromatic N) is 3. The molecule has 0 bridgehead atoms. The molecule has 2 N–H and O–H groups in total. The van der Waals surface area contributed by atoms with Crippen LogP contribution in [0.5, 0.6) is 0 Å². The highest BCUT2D eigenvalue weighted by Crippen LogP contribution is 2.22. The molecule has 1 aromatic carbocycles. The Bertz CT molecular complexity index is 690. The Hall–Kier alpha value is -2.89. The Morgan fingerprint density at radius 1 is 1.17 bits per heavy atom. The minimum Gasteiger partial charge on any atom is -0.372 e. The van der Waals surface area contributed by atoms with Crippen LogP contribution in [0.25, 0.3) is 0 Å². The fourth-order valence-corrected chi connectivity index (χ4v) is 2.63. The van der Waals surface area contributed by atoms with Crippen molar-refractivity contribution in [3.05, 3.63) is 54.9 Å². The Morgan fingerprint density at radius 3 is 2.46 bits per heavy atom. The standard InChI is InChI=1S/C18H21N5O/c1-2-9-19-18-20-12-14(13-21-18)17(24)22-15-5-7-16(8-6-15)23-10-3-4-11-23/h2,5-8,12-13H,1,3-4,9-11H2,(H,22,24)(H,19,20,21). The molecule has 1 saturated heterocycles. The number of carbonyl (C=O) groups excluding carboxylic acids is 1. The predicted octanol–water partition coefficient (Wildman–Crippen LogP) is 2.93. The number of nitrogens with one attached hydrogen (secondary N) is 2. The number of rotatable bonds is 6. The second-order valence-electron chi connectivity index (χ2n) is 5.66. The van der Waals surface area contributed by atoms with Crippen molar-refractivity contribution in [1.82, 2.24) is 9.97 Å². The number of carbonyl (C=O) groups is 1. The quantitative estimate of drug-likeness (QED) is 0.800. The van der Waals surface area contributed by atoms with Gasteiger partial charge >= 0.3 is 0 Å². The summed E-state index contributed by atoms with van der Waals surface area (Å²) in [4.78, 5) is 22.8. The van der Waals surface area contributed by atoms with Crippen LogP contribution in [0.1, 0.15) is 23.2 Å². The van der Waals surface area contributed by atoms with Gasteiger partial charge in [-0.1, -0.05) is 6.08 Å². The lowest BCUT2D eigenvalue weighted by molar-refractivity contribution is 0.102. The lowest BCUT2D eigenvalue weighted by Gasteiger charge is -2.17. The van der Waals surface area contributed by atoms with Crippen molar-refractivity contribution in [3.63, 3.8) is 0 Å². The van der Waals surface area contributed by atoms with E-state index in [1.807, 2.05) is 24.3 Å². The molecule has 1 aliphatic heterocycles. The average Bonchev–Trinajstić information content (AvgIpc) is 3.15. The van der Waals surface area contributed by atoms with Crippen LogP contribution >= 0.6 is 0 Å². The van der Waals surface area contributed by atoms with E-state index in [9.17, 15) is 4.79 Å². The molecule has 124 valence electrons. The zero-order valence-electron chi connectivity index (χ0n) is 13.5. The first kappa shape index (κ1) is 16.0. The lowest BCUT2D eigenvalue weighted by Crippen LogP contribution is -2.17. The van der Waals surface area contributed by atoms with Gasteiger partial charge in [0.25, 0.3) is 5.91 Å². The average molecular weight is 323 g/mol. The number of aromatic nitrogens is 2. The summed E-state index contributed by atoms with van der Waals surface area (Å²) >= 11 is 0. The van der Waals surface area contributed by atoms with Gasteiger partial charge in [-0.3, -0.25) is 4.79 Å². The summed E-state index contributed by atoms with van der Waals surface area (Å²) in [6.45, 7) is 6.41. The Kier molecular flexibility index (Phi) is 5.05. The molecular formula is C18H21N5O. The molecule has 1 aromatic heterocycles. The maximum Gasteiger partial charge on any atom is 0.258 e. The highest BCUT2D eigenvalue weighted by atomic mass is 16.1. The fraction of sp³-hybridized carbons (Fsp3) is 0.278.